The predicted molar refractivity (Wildman–Crippen MR) is 65.9 cm³/mol. The van der Waals surface area contributed by atoms with Crippen LogP contribution < -0.4 is 4.90 Å². The van der Waals surface area contributed by atoms with Crippen LogP contribution in [0.3, 0.4) is 0 Å². The van der Waals surface area contributed by atoms with Crippen LogP contribution in [0.25, 0.3) is 0 Å². The zero-order valence-corrected chi connectivity index (χ0v) is 10.1. The van der Waals surface area contributed by atoms with Gasteiger partial charge in [-0.1, -0.05) is 25.1 Å². The van der Waals surface area contributed by atoms with Crippen molar-refractivity contribution in [3.8, 4) is 0 Å². The SMILES string of the molecule is CC(CC(=O)O)CC(=O)N(C)c1ccccc1. The van der Waals surface area contributed by atoms with Crippen LogP contribution >= 0.6 is 0 Å². The number of aliphatic carboxylic acids is 1. The summed E-state index contributed by atoms with van der Waals surface area (Å²) in [5.41, 5.74) is 0.819. The molecule has 0 saturated heterocycles. The summed E-state index contributed by atoms with van der Waals surface area (Å²) < 4.78 is 0. The van der Waals surface area contributed by atoms with E-state index in [-0.39, 0.29) is 24.7 Å². The van der Waals surface area contributed by atoms with Crippen molar-refractivity contribution in [2.75, 3.05) is 11.9 Å². The van der Waals surface area contributed by atoms with Crippen molar-refractivity contribution >= 4 is 17.6 Å². The minimum absolute atomic E-state index is 0.0222. The molecule has 4 nitrogen and oxygen atoms in total. The van der Waals surface area contributed by atoms with Crippen molar-refractivity contribution in [1.29, 1.82) is 0 Å². The molecule has 0 aliphatic heterocycles. The number of benzene rings is 1. The molecule has 1 amide bonds. The highest BCUT2D eigenvalue weighted by Gasteiger charge is 2.16. The quantitative estimate of drug-likeness (QED) is 0.850. The number of hydrogen-bond acceptors (Lipinski definition) is 2. The first-order chi connectivity index (χ1) is 8.00. The van der Waals surface area contributed by atoms with Crippen molar-refractivity contribution in [1.82, 2.24) is 0 Å². The molecule has 92 valence electrons. The monoisotopic (exact) mass is 235 g/mol. The van der Waals surface area contributed by atoms with Gasteiger partial charge in [0.05, 0.1) is 0 Å². The first kappa shape index (κ1) is 13.2. The Kier molecular flexibility index (Phi) is 4.69. The highest BCUT2D eigenvalue weighted by atomic mass is 16.4. The van der Waals surface area contributed by atoms with E-state index in [0.29, 0.717) is 0 Å². The maximum absolute atomic E-state index is 11.9. The van der Waals surface area contributed by atoms with Crippen LogP contribution in [0, 0.1) is 5.92 Å². The van der Waals surface area contributed by atoms with Gasteiger partial charge < -0.3 is 10.0 Å². The fourth-order valence-electron chi connectivity index (χ4n) is 1.60. The molecule has 0 aliphatic carbocycles. The molecule has 0 saturated carbocycles. The van der Waals surface area contributed by atoms with Crippen LogP contribution in [0.5, 0.6) is 0 Å². The summed E-state index contributed by atoms with van der Waals surface area (Å²) in [6.07, 6.45) is 0.270. The first-order valence-corrected chi connectivity index (χ1v) is 5.54. The summed E-state index contributed by atoms with van der Waals surface area (Å²) in [5.74, 6) is -1.08. The Bertz CT molecular complexity index is 389. The fourth-order valence-corrected chi connectivity index (χ4v) is 1.60. The van der Waals surface area contributed by atoms with Gasteiger partial charge >= 0.3 is 5.97 Å². The molecule has 1 atom stereocenters. The number of nitrogens with zero attached hydrogens (tertiary/aromatic N) is 1. The van der Waals surface area contributed by atoms with Gasteiger partial charge in [-0.2, -0.15) is 0 Å². The van der Waals surface area contributed by atoms with Crippen LogP contribution in [-0.2, 0) is 9.59 Å². The van der Waals surface area contributed by atoms with Crippen molar-refractivity contribution < 1.29 is 14.7 Å². The molecule has 0 aliphatic rings. The van der Waals surface area contributed by atoms with Crippen LogP contribution in [0.2, 0.25) is 0 Å². The van der Waals surface area contributed by atoms with Crippen LogP contribution in [-0.4, -0.2) is 24.0 Å². The second kappa shape index (κ2) is 6.03. The molecule has 0 spiro atoms. The molecule has 0 bridgehead atoms. The predicted octanol–water partition coefficient (Wildman–Crippen LogP) is 2.15. The van der Waals surface area contributed by atoms with Gasteiger partial charge in [0.2, 0.25) is 5.91 Å². The third-order valence-corrected chi connectivity index (χ3v) is 2.56. The molecule has 1 rings (SSSR count). The molecule has 17 heavy (non-hydrogen) atoms. The van der Waals surface area contributed by atoms with E-state index in [1.54, 1.807) is 18.9 Å². The summed E-state index contributed by atoms with van der Waals surface area (Å²) in [7, 11) is 1.70. The minimum Gasteiger partial charge on any atom is -0.481 e. The second-order valence-electron chi connectivity index (χ2n) is 4.20. The van der Waals surface area contributed by atoms with E-state index >= 15 is 0 Å². The van der Waals surface area contributed by atoms with E-state index in [2.05, 4.69) is 0 Å². The molecule has 0 aromatic heterocycles. The zero-order chi connectivity index (χ0) is 12.8. The standard InChI is InChI=1S/C13H17NO3/c1-10(9-13(16)17)8-12(15)14(2)11-6-4-3-5-7-11/h3-7,10H,8-9H2,1-2H3,(H,16,17). The first-order valence-electron chi connectivity index (χ1n) is 5.54. The Hall–Kier alpha value is -1.84. The smallest absolute Gasteiger partial charge is 0.303 e. The number of amides is 1. The minimum atomic E-state index is -0.868. The van der Waals surface area contributed by atoms with E-state index < -0.39 is 5.97 Å². The lowest BCUT2D eigenvalue weighted by Gasteiger charge is -2.19. The molecule has 1 unspecified atom stereocenters. The van der Waals surface area contributed by atoms with Gasteiger partial charge in [0, 0.05) is 25.6 Å². The average Bonchev–Trinajstić information content (AvgIpc) is 2.28. The summed E-state index contributed by atoms with van der Waals surface area (Å²) >= 11 is 0. The van der Waals surface area contributed by atoms with E-state index in [9.17, 15) is 9.59 Å². The lowest BCUT2D eigenvalue weighted by molar-refractivity contribution is -0.138. The Morgan fingerprint density at radius 3 is 2.35 bits per heavy atom. The normalized spacial score (nSPS) is 11.9. The molecule has 1 aromatic rings. The molecule has 0 fully saturated rings. The highest BCUT2D eigenvalue weighted by Crippen LogP contribution is 2.15. The van der Waals surface area contributed by atoms with Crippen LogP contribution in [0.4, 0.5) is 5.69 Å². The summed E-state index contributed by atoms with van der Waals surface area (Å²) in [4.78, 5) is 23.9. The Morgan fingerprint density at radius 2 is 1.82 bits per heavy atom. The largest absolute Gasteiger partial charge is 0.481 e. The maximum Gasteiger partial charge on any atom is 0.303 e. The number of carbonyl (C=O) groups excluding carboxylic acids is 1. The number of para-hydroxylation sites is 1. The Balaban J connectivity index is 2.56. The average molecular weight is 235 g/mol. The van der Waals surface area contributed by atoms with Crippen molar-refractivity contribution in [2.45, 2.75) is 19.8 Å². The van der Waals surface area contributed by atoms with Crippen molar-refractivity contribution in [3.63, 3.8) is 0 Å². The molecule has 0 heterocycles. The lowest BCUT2D eigenvalue weighted by Crippen LogP contribution is -2.28. The van der Waals surface area contributed by atoms with Crippen molar-refractivity contribution in [3.05, 3.63) is 30.3 Å². The molecule has 0 radical (unpaired) electrons. The van der Waals surface area contributed by atoms with E-state index in [1.807, 2.05) is 30.3 Å². The Labute approximate surface area is 101 Å². The van der Waals surface area contributed by atoms with E-state index in [4.69, 9.17) is 5.11 Å². The summed E-state index contributed by atoms with van der Waals surface area (Å²) in [6.45, 7) is 1.77. The van der Waals surface area contributed by atoms with Crippen LogP contribution in [0.15, 0.2) is 30.3 Å². The summed E-state index contributed by atoms with van der Waals surface area (Å²) in [5, 5.41) is 8.63. The van der Waals surface area contributed by atoms with Crippen molar-refractivity contribution in [2.24, 2.45) is 5.92 Å². The van der Waals surface area contributed by atoms with Gasteiger partial charge in [0.25, 0.3) is 0 Å². The zero-order valence-electron chi connectivity index (χ0n) is 10.1. The second-order valence-corrected chi connectivity index (χ2v) is 4.20. The summed E-state index contributed by atoms with van der Waals surface area (Å²) in [6, 6.07) is 9.30. The number of carboxylic acid groups (broad SMARTS) is 1. The number of anilines is 1. The third-order valence-electron chi connectivity index (χ3n) is 2.56. The Morgan fingerprint density at radius 1 is 1.24 bits per heavy atom. The maximum atomic E-state index is 11.9. The number of carbonyl (C=O) groups is 2. The number of rotatable bonds is 5. The molecular formula is C13H17NO3. The molecule has 1 N–H and O–H groups in total. The van der Waals surface area contributed by atoms with Gasteiger partial charge in [0.15, 0.2) is 0 Å². The molecular weight excluding hydrogens is 218 g/mol. The topological polar surface area (TPSA) is 57.6 Å². The number of carboxylic acids is 1. The van der Waals surface area contributed by atoms with Gasteiger partial charge in [-0.15, -0.1) is 0 Å². The number of hydrogen-bond donors (Lipinski definition) is 1. The molecule has 1 aromatic carbocycles. The fraction of sp³-hybridized carbons (Fsp3) is 0.385. The molecule has 4 heteroatoms. The highest BCUT2D eigenvalue weighted by molar-refractivity contribution is 5.93. The van der Waals surface area contributed by atoms with E-state index in [1.165, 1.54) is 0 Å². The van der Waals surface area contributed by atoms with Crippen LogP contribution in [0.1, 0.15) is 19.8 Å². The van der Waals surface area contributed by atoms with Gasteiger partial charge in [-0.3, -0.25) is 9.59 Å². The lowest BCUT2D eigenvalue weighted by atomic mass is 10.0. The third kappa shape index (κ3) is 4.26. The van der Waals surface area contributed by atoms with E-state index in [0.717, 1.165) is 5.69 Å². The van der Waals surface area contributed by atoms with Gasteiger partial charge in [-0.25, -0.2) is 0 Å². The van der Waals surface area contributed by atoms with Gasteiger partial charge in [-0.05, 0) is 18.1 Å². The van der Waals surface area contributed by atoms with Gasteiger partial charge in [0.1, 0.15) is 0 Å².